The lowest BCUT2D eigenvalue weighted by molar-refractivity contribution is 0.0970. The van der Waals surface area contributed by atoms with Crippen molar-refractivity contribution in [3.05, 3.63) is 53.9 Å². The summed E-state index contributed by atoms with van der Waals surface area (Å²) in [6.07, 6.45) is 6.11. The number of aromatic amines is 1. The Hall–Kier alpha value is -2.41. The third-order valence-corrected chi connectivity index (χ3v) is 4.56. The second-order valence-electron chi connectivity index (χ2n) is 6.14. The summed E-state index contributed by atoms with van der Waals surface area (Å²) in [5, 5.41) is 2.93. The van der Waals surface area contributed by atoms with E-state index in [1.165, 1.54) is 12.1 Å². The van der Waals surface area contributed by atoms with Crippen molar-refractivity contribution in [3.8, 4) is 0 Å². The van der Waals surface area contributed by atoms with Crippen molar-refractivity contribution in [1.29, 1.82) is 0 Å². The van der Waals surface area contributed by atoms with Gasteiger partial charge in [0.2, 0.25) is 0 Å². The lowest BCUT2D eigenvalue weighted by Crippen LogP contribution is -2.46. The van der Waals surface area contributed by atoms with Crippen LogP contribution in [0.4, 0.5) is 9.18 Å². The molecule has 1 aliphatic heterocycles. The number of likely N-dealkylation sites (tertiary alicyclic amines) is 1. The molecule has 6 nitrogen and oxygen atoms in total. The van der Waals surface area contributed by atoms with Crippen molar-refractivity contribution in [3.63, 3.8) is 0 Å². The van der Waals surface area contributed by atoms with Gasteiger partial charge < -0.3 is 19.9 Å². The first-order chi connectivity index (χ1) is 12.2. The zero-order chi connectivity index (χ0) is 17.6. The predicted molar refractivity (Wildman–Crippen MR) is 91.4 cm³/mol. The first-order valence-corrected chi connectivity index (χ1v) is 8.51. The molecule has 2 N–H and O–H groups in total. The minimum absolute atomic E-state index is 0.0319. The Kier molecular flexibility index (Phi) is 5.65. The summed E-state index contributed by atoms with van der Waals surface area (Å²) in [5.41, 5.74) is 0.824. The van der Waals surface area contributed by atoms with E-state index < -0.39 is 0 Å². The monoisotopic (exact) mass is 346 g/mol. The van der Waals surface area contributed by atoms with Crippen LogP contribution in [0.1, 0.15) is 42.8 Å². The molecule has 0 spiro atoms. The van der Waals surface area contributed by atoms with E-state index in [0.717, 1.165) is 30.7 Å². The van der Waals surface area contributed by atoms with Crippen LogP contribution in [-0.4, -0.2) is 41.1 Å². The summed E-state index contributed by atoms with van der Waals surface area (Å²) in [5.74, 6) is 0.522. The number of rotatable bonds is 5. The molecular weight excluding hydrogens is 323 g/mol. The summed E-state index contributed by atoms with van der Waals surface area (Å²) in [4.78, 5) is 21.9. The maximum absolute atomic E-state index is 13.1. The van der Waals surface area contributed by atoms with Crippen LogP contribution in [0.2, 0.25) is 0 Å². The third kappa shape index (κ3) is 4.17. The fourth-order valence-electron chi connectivity index (χ4n) is 3.21. The highest BCUT2D eigenvalue weighted by Gasteiger charge is 2.29. The fourth-order valence-corrected chi connectivity index (χ4v) is 3.21. The van der Waals surface area contributed by atoms with Crippen molar-refractivity contribution in [2.45, 2.75) is 31.4 Å². The van der Waals surface area contributed by atoms with Crippen LogP contribution in [0.25, 0.3) is 0 Å². The zero-order valence-corrected chi connectivity index (χ0v) is 14.2. The Morgan fingerprint density at radius 1 is 1.44 bits per heavy atom. The maximum atomic E-state index is 13.1. The molecule has 2 aromatic rings. The number of ether oxygens (including phenoxy) is 1. The normalized spacial score (nSPS) is 18.8. The number of nitrogens with one attached hydrogen (secondary N) is 2. The number of hydrogen-bond acceptors (Lipinski definition) is 3. The molecule has 7 heteroatoms. The van der Waals surface area contributed by atoms with E-state index in [4.69, 9.17) is 4.74 Å². The quantitative estimate of drug-likeness (QED) is 0.874. The number of nitrogens with zero attached hydrogens (tertiary/aromatic N) is 2. The van der Waals surface area contributed by atoms with Gasteiger partial charge in [0.25, 0.3) is 0 Å². The van der Waals surface area contributed by atoms with Gasteiger partial charge in [-0.25, -0.2) is 14.2 Å². The van der Waals surface area contributed by atoms with Gasteiger partial charge in [0, 0.05) is 32.6 Å². The number of benzene rings is 1. The number of urea groups is 1. The van der Waals surface area contributed by atoms with Gasteiger partial charge in [-0.05, 0) is 37.0 Å². The second-order valence-corrected chi connectivity index (χ2v) is 6.14. The van der Waals surface area contributed by atoms with Crippen molar-refractivity contribution >= 4 is 6.03 Å². The fraction of sp³-hybridized carbons (Fsp3) is 0.444. The van der Waals surface area contributed by atoms with E-state index in [1.54, 1.807) is 31.6 Å². The van der Waals surface area contributed by atoms with E-state index in [9.17, 15) is 9.18 Å². The Balaban J connectivity index is 1.63. The number of hydrogen-bond donors (Lipinski definition) is 2. The Labute approximate surface area is 146 Å². The van der Waals surface area contributed by atoms with Crippen LogP contribution in [0.15, 0.2) is 36.7 Å². The molecule has 0 radical (unpaired) electrons. The molecule has 3 rings (SSSR count). The standard InChI is InChI=1S/C18H23FN4O2/c1-25-16(13-5-7-14(19)8-6-13)12-22-18(24)23-11-3-2-4-15(23)17-20-9-10-21-17/h5-10,15-16H,2-4,11-12H2,1H3,(H,20,21)(H,22,24)/t15-,16+/m1/s1. The molecule has 1 aromatic carbocycles. The molecule has 0 aliphatic carbocycles. The number of H-pyrrole nitrogens is 1. The average molecular weight is 346 g/mol. The molecule has 1 saturated heterocycles. The third-order valence-electron chi connectivity index (χ3n) is 4.56. The number of aromatic nitrogens is 2. The Morgan fingerprint density at radius 2 is 2.24 bits per heavy atom. The summed E-state index contributed by atoms with van der Waals surface area (Å²) in [6, 6.07) is 5.95. The van der Waals surface area contributed by atoms with Crippen LogP contribution < -0.4 is 5.32 Å². The number of halogens is 1. The van der Waals surface area contributed by atoms with Gasteiger partial charge in [0.05, 0.1) is 12.1 Å². The molecule has 134 valence electrons. The van der Waals surface area contributed by atoms with Gasteiger partial charge in [0.1, 0.15) is 11.6 Å². The molecule has 0 bridgehead atoms. The molecule has 2 heterocycles. The molecule has 2 amide bonds. The summed E-state index contributed by atoms with van der Waals surface area (Å²) in [7, 11) is 1.58. The lowest BCUT2D eigenvalue weighted by Gasteiger charge is -2.34. The molecule has 0 unspecified atom stereocenters. The summed E-state index contributed by atoms with van der Waals surface area (Å²) >= 11 is 0. The zero-order valence-electron chi connectivity index (χ0n) is 14.2. The van der Waals surface area contributed by atoms with Gasteiger partial charge >= 0.3 is 6.03 Å². The summed E-state index contributed by atoms with van der Waals surface area (Å²) in [6.45, 7) is 1.02. The minimum atomic E-state index is -0.323. The largest absolute Gasteiger partial charge is 0.375 e. The molecule has 1 fully saturated rings. The molecule has 1 aromatic heterocycles. The lowest BCUT2D eigenvalue weighted by atomic mass is 10.0. The number of carbonyl (C=O) groups excluding carboxylic acids is 1. The Morgan fingerprint density at radius 3 is 2.92 bits per heavy atom. The second kappa shape index (κ2) is 8.11. The van der Waals surface area contributed by atoms with Crippen LogP contribution in [0.3, 0.4) is 0 Å². The smallest absolute Gasteiger partial charge is 0.318 e. The first-order valence-electron chi connectivity index (χ1n) is 8.51. The van der Waals surface area contributed by atoms with Crippen molar-refractivity contribution in [2.75, 3.05) is 20.2 Å². The molecule has 1 aliphatic rings. The van der Waals surface area contributed by atoms with Crippen LogP contribution >= 0.6 is 0 Å². The van der Waals surface area contributed by atoms with Crippen molar-refractivity contribution in [1.82, 2.24) is 20.2 Å². The van der Waals surface area contributed by atoms with E-state index in [2.05, 4.69) is 15.3 Å². The van der Waals surface area contributed by atoms with Gasteiger partial charge in [-0.3, -0.25) is 0 Å². The van der Waals surface area contributed by atoms with Gasteiger partial charge in [-0.15, -0.1) is 0 Å². The van der Waals surface area contributed by atoms with Gasteiger partial charge in [-0.2, -0.15) is 0 Å². The molecule has 25 heavy (non-hydrogen) atoms. The number of carbonyl (C=O) groups is 1. The first kappa shape index (κ1) is 17.4. The summed E-state index contributed by atoms with van der Waals surface area (Å²) < 4.78 is 18.5. The van der Waals surface area contributed by atoms with Gasteiger partial charge in [0.15, 0.2) is 0 Å². The van der Waals surface area contributed by atoms with Crippen molar-refractivity contribution < 1.29 is 13.9 Å². The molecule has 2 atom stereocenters. The predicted octanol–water partition coefficient (Wildman–Crippen LogP) is 3.17. The highest BCUT2D eigenvalue weighted by Crippen LogP contribution is 2.28. The Bertz CT molecular complexity index is 675. The van der Waals surface area contributed by atoms with E-state index in [1.807, 2.05) is 4.90 Å². The van der Waals surface area contributed by atoms with Crippen LogP contribution in [0.5, 0.6) is 0 Å². The van der Waals surface area contributed by atoms with Gasteiger partial charge in [-0.1, -0.05) is 12.1 Å². The minimum Gasteiger partial charge on any atom is -0.375 e. The van der Waals surface area contributed by atoms with Crippen LogP contribution in [0, 0.1) is 5.82 Å². The average Bonchev–Trinajstić information content (AvgIpc) is 3.18. The number of amides is 2. The topological polar surface area (TPSA) is 70.2 Å². The van der Waals surface area contributed by atoms with E-state index in [-0.39, 0.29) is 24.0 Å². The maximum Gasteiger partial charge on any atom is 0.318 e. The number of methoxy groups -OCH3 is 1. The molecule has 0 saturated carbocycles. The SMILES string of the molecule is CO[C@@H](CNC(=O)N1CCCC[C@@H]1c1ncc[nH]1)c1ccc(F)cc1. The van der Waals surface area contributed by atoms with Crippen LogP contribution in [-0.2, 0) is 4.74 Å². The highest BCUT2D eigenvalue weighted by atomic mass is 19.1. The number of imidazole rings is 1. The van der Waals surface area contributed by atoms with E-state index >= 15 is 0 Å². The van der Waals surface area contributed by atoms with E-state index in [0.29, 0.717) is 13.1 Å². The molecular formula is C18H23FN4O2. The highest BCUT2D eigenvalue weighted by molar-refractivity contribution is 5.74. The number of piperidine rings is 1. The van der Waals surface area contributed by atoms with Crippen molar-refractivity contribution in [2.24, 2.45) is 0 Å².